The van der Waals surface area contributed by atoms with Gasteiger partial charge in [0.25, 0.3) is 0 Å². The number of barbiturate groups is 1. The van der Waals surface area contributed by atoms with Gasteiger partial charge in [-0.15, -0.1) is 6.58 Å². The van der Waals surface area contributed by atoms with Crippen LogP contribution < -0.4 is 0 Å². The average Bonchev–Trinajstić information content (AvgIpc) is 2.56. The predicted molar refractivity (Wildman–Crippen MR) is 84.2 cm³/mol. The third kappa shape index (κ3) is 2.90. The van der Waals surface area contributed by atoms with Crippen LogP contribution in [0.3, 0.4) is 0 Å². The van der Waals surface area contributed by atoms with Gasteiger partial charge in [-0.3, -0.25) is 19.4 Å². The standard InChI is InChI=1S/C17H20N2O4/c1-4-10-17(2)14(21)18(3)16(23)19(15(17)22)11-13(20)12-8-6-5-7-9-12/h4-9,13,20H,1,10-11H2,2-3H3. The number of carbonyl (C=O) groups excluding carboxylic acids is 3. The van der Waals surface area contributed by atoms with Gasteiger partial charge >= 0.3 is 6.03 Å². The van der Waals surface area contributed by atoms with Crippen molar-refractivity contribution in [1.29, 1.82) is 0 Å². The van der Waals surface area contributed by atoms with Crippen molar-refractivity contribution in [1.82, 2.24) is 9.80 Å². The molecule has 0 spiro atoms. The van der Waals surface area contributed by atoms with Gasteiger partial charge in [-0.2, -0.15) is 0 Å². The van der Waals surface area contributed by atoms with Crippen molar-refractivity contribution < 1.29 is 19.5 Å². The van der Waals surface area contributed by atoms with Gasteiger partial charge in [-0.25, -0.2) is 4.79 Å². The van der Waals surface area contributed by atoms with E-state index in [9.17, 15) is 19.5 Å². The fourth-order valence-corrected chi connectivity index (χ4v) is 2.69. The van der Waals surface area contributed by atoms with Crippen LogP contribution in [0.4, 0.5) is 4.79 Å². The van der Waals surface area contributed by atoms with Crippen LogP contribution in [-0.2, 0) is 9.59 Å². The Balaban J connectivity index is 2.29. The molecule has 1 saturated heterocycles. The van der Waals surface area contributed by atoms with Gasteiger partial charge in [-0.05, 0) is 18.9 Å². The first-order valence-corrected chi connectivity index (χ1v) is 7.31. The van der Waals surface area contributed by atoms with E-state index in [4.69, 9.17) is 0 Å². The van der Waals surface area contributed by atoms with Crippen LogP contribution in [0.25, 0.3) is 0 Å². The molecule has 2 atom stereocenters. The largest absolute Gasteiger partial charge is 0.387 e. The molecule has 2 unspecified atom stereocenters. The Hall–Kier alpha value is -2.47. The van der Waals surface area contributed by atoms with Crippen LogP contribution in [0.15, 0.2) is 43.0 Å². The van der Waals surface area contributed by atoms with E-state index in [-0.39, 0.29) is 13.0 Å². The number of aliphatic hydroxyl groups is 1. The maximum Gasteiger partial charge on any atom is 0.333 e. The Morgan fingerprint density at radius 3 is 2.39 bits per heavy atom. The summed E-state index contributed by atoms with van der Waals surface area (Å²) >= 11 is 0. The number of benzene rings is 1. The molecule has 1 fully saturated rings. The van der Waals surface area contributed by atoms with Crippen molar-refractivity contribution in [3.8, 4) is 0 Å². The first-order valence-electron chi connectivity index (χ1n) is 7.31. The number of amides is 4. The minimum absolute atomic E-state index is 0.125. The molecular weight excluding hydrogens is 296 g/mol. The molecule has 122 valence electrons. The molecule has 1 aliphatic rings. The van der Waals surface area contributed by atoms with Crippen LogP contribution in [0, 0.1) is 5.41 Å². The Morgan fingerprint density at radius 2 is 1.83 bits per heavy atom. The lowest BCUT2D eigenvalue weighted by Gasteiger charge is -2.41. The van der Waals surface area contributed by atoms with Gasteiger partial charge in [0, 0.05) is 7.05 Å². The van der Waals surface area contributed by atoms with Crippen molar-refractivity contribution in [2.75, 3.05) is 13.6 Å². The van der Waals surface area contributed by atoms with Gasteiger partial charge < -0.3 is 5.11 Å². The highest BCUT2D eigenvalue weighted by Crippen LogP contribution is 2.33. The molecule has 6 nitrogen and oxygen atoms in total. The second-order valence-corrected chi connectivity index (χ2v) is 5.81. The summed E-state index contributed by atoms with van der Waals surface area (Å²) in [6.45, 7) is 4.86. The monoisotopic (exact) mass is 316 g/mol. The fourth-order valence-electron chi connectivity index (χ4n) is 2.69. The molecule has 0 aliphatic carbocycles. The van der Waals surface area contributed by atoms with Gasteiger partial charge in [0.2, 0.25) is 11.8 Å². The number of urea groups is 1. The lowest BCUT2D eigenvalue weighted by molar-refractivity contribution is -0.157. The fraction of sp³-hybridized carbons (Fsp3) is 0.353. The van der Waals surface area contributed by atoms with E-state index in [1.807, 2.05) is 0 Å². The topological polar surface area (TPSA) is 77.9 Å². The summed E-state index contributed by atoms with van der Waals surface area (Å²) in [5.74, 6) is -1.17. The molecule has 1 N–H and O–H groups in total. The molecule has 1 heterocycles. The number of imide groups is 2. The van der Waals surface area contributed by atoms with Gasteiger partial charge in [0.1, 0.15) is 5.41 Å². The number of hydrogen-bond acceptors (Lipinski definition) is 4. The number of rotatable bonds is 5. The first kappa shape index (κ1) is 16.9. The minimum Gasteiger partial charge on any atom is -0.387 e. The van der Waals surface area contributed by atoms with Crippen molar-refractivity contribution in [2.24, 2.45) is 5.41 Å². The zero-order valence-corrected chi connectivity index (χ0v) is 13.2. The van der Waals surface area contributed by atoms with E-state index in [2.05, 4.69) is 6.58 Å². The molecule has 0 radical (unpaired) electrons. The van der Waals surface area contributed by atoms with Crippen molar-refractivity contribution in [3.63, 3.8) is 0 Å². The highest BCUT2D eigenvalue weighted by Gasteiger charge is 2.52. The molecule has 23 heavy (non-hydrogen) atoms. The molecule has 0 bridgehead atoms. The summed E-state index contributed by atoms with van der Waals surface area (Å²) in [6.07, 6.45) is 0.588. The Labute approximate surface area is 135 Å². The third-order valence-corrected chi connectivity index (χ3v) is 4.10. The minimum atomic E-state index is -1.37. The number of nitrogens with zero attached hydrogens (tertiary/aromatic N) is 2. The molecule has 1 aliphatic heterocycles. The Kier molecular flexibility index (Phi) is 4.65. The van der Waals surface area contributed by atoms with Gasteiger partial charge in [0.05, 0.1) is 12.6 Å². The quantitative estimate of drug-likeness (QED) is 0.663. The normalized spacial score (nSPS) is 23.2. The highest BCUT2D eigenvalue weighted by atomic mass is 16.3. The average molecular weight is 316 g/mol. The zero-order chi connectivity index (χ0) is 17.2. The summed E-state index contributed by atoms with van der Waals surface area (Å²) in [7, 11) is 1.33. The van der Waals surface area contributed by atoms with Gasteiger partial charge in [0.15, 0.2) is 0 Å². The number of β-amino-alcohol motifs (C(OH)–C–C–N with tert-alkyl or cyclic N) is 1. The molecule has 4 amide bonds. The molecule has 6 heteroatoms. The Bertz CT molecular complexity index is 643. The Morgan fingerprint density at radius 1 is 1.22 bits per heavy atom. The van der Waals surface area contributed by atoms with Crippen LogP contribution in [0.5, 0.6) is 0 Å². The SMILES string of the molecule is C=CCC1(C)C(=O)N(C)C(=O)N(CC(O)c2ccccc2)C1=O. The molecule has 0 saturated carbocycles. The van der Waals surface area contributed by atoms with Crippen LogP contribution in [0.2, 0.25) is 0 Å². The van der Waals surface area contributed by atoms with E-state index in [0.717, 1.165) is 9.80 Å². The molecule has 1 aromatic carbocycles. The molecular formula is C17H20N2O4. The van der Waals surface area contributed by atoms with E-state index >= 15 is 0 Å². The number of allylic oxidation sites excluding steroid dienone is 1. The lowest BCUT2D eigenvalue weighted by Crippen LogP contribution is -2.63. The molecule has 0 aromatic heterocycles. The van der Waals surface area contributed by atoms with Crippen molar-refractivity contribution in [3.05, 3.63) is 48.6 Å². The number of hydrogen-bond donors (Lipinski definition) is 1. The first-order chi connectivity index (χ1) is 10.8. The zero-order valence-electron chi connectivity index (χ0n) is 13.2. The van der Waals surface area contributed by atoms with E-state index in [1.54, 1.807) is 30.3 Å². The van der Waals surface area contributed by atoms with Crippen molar-refractivity contribution >= 4 is 17.8 Å². The van der Waals surface area contributed by atoms with E-state index in [0.29, 0.717) is 5.56 Å². The van der Waals surface area contributed by atoms with E-state index < -0.39 is 29.4 Å². The number of aliphatic hydroxyl groups excluding tert-OH is 1. The summed E-state index contributed by atoms with van der Waals surface area (Å²) in [4.78, 5) is 39.1. The van der Waals surface area contributed by atoms with Gasteiger partial charge in [-0.1, -0.05) is 36.4 Å². The second kappa shape index (κ2) is 6.34. The van der Waals surface area contributed by atoms with Crippen LogP contribution >= 0.6 is 0 Å². The second-order valence-electron chi connectivity index (χ2n) is 5.81. The highest BCUT2D eigenvalue weighted by molar-refractivity contribution is 6.18. The maximum absolute atomic E-state index is 12.7. The van der Waals surface area contributed by atoms with Crippen LogP contribution in [0.1, 0.15) is 25.0 Å². The molecule has 2 rings (SSSR count). The molecule has 1 aromatic rings. The smallest absolute Gasteiger partial charge is 0.333 e. The predicted octanol–water partition coefficient (Wildman–Crippen LogP) is 1.72. The van der Waals surface area contributed by atoms with Crippen LogP contribution in [-0.4, -0.2) is 46.3 Å². The lowest BCUT2D eigenvalue weighted by atomic mass is 9.82. The summed E-state index contributed by atoms with van der Waals surface area (Å²) in [6, 6.07) is 8.02. The summed E-state index contributed by atoms with van der Waals surface area (Å²) in [5.41, 5.74) is -0.779. The third-order valence-electron chi connectivity index (χ3n) is 4.10. The summed E-state index contributed by atoms with van der Waals surface area (Å²) in [5, 5.41) is 10.3. The number of carbonyl (C=O) groups is 3. The maximum atomic E-state index is 12.7. The van der Waals surface area contributed by atoms with E-state index in [1.165, 1.54) is 20.0 Å². The van der Waals surface area contributed by atoms with Crippen molar-refractivity contribution in [2.45, 2.75) is 19.4 Å². The summed E-state index contributed by atoms with van der Waals surface area (Å²) < 4.78 is 0.